The monoisotopic (exact) mass is 282 g/mol. The van der Waals surface area contributed by atoms with Gasteiger partial charge in [-0.05, 0) is 36.8 Å². The first-order valence-electron chi connectivity index (χ1n) is 6.73. The number of nitrogens with one attached hydrogen (secondary N) is 1. The van der Waals surface area contributed by atoms with Crippen LogP contribution in [-0.2, 0) is 0 Å². The van der Waals surface area contributed by atoms with E-state index in [1.165, 1.54) is 0 Å². The summed E-state index contributed by atoms with van der Waals surface area (Å²) in [6.07, 6.45) is 0. The molecule has 0 radical (unpaired) electrons. The second-order valence-corrected chi connectivity index (χ2v) is 4.61. The lowest BCUT2D eigenvalue weighted by atomic mass is 10.1. The van der Waals surface area contributed by atoms with E-state index in [2.05, 4.69) is 12.2 Å². The molecule has 0 aliphatic carbocycles. The molecule has 0 heterocycles. The molecular formula is C17H18N2O2. The van der Waals surface area contributed by atoms with Gasteiger partial charge in [0.15, 0.2) is 6.61 Å². The Bertz CT molecular complexity index is 617. The third kappa shape index (κ3) is 4.15. The number of nitriles is 1. The number of nitrogens with zero attached hydrogens (tertiary/aromatic N) is 1. The normalized spacial score (nSPS) is 11.3. The molecule has 2 aromatic rings. The fraction of sp³-hybridized carbons (Fsp3) is 0.235. The van der Waals surface area contributed by atoms with Gasteiger partial charge in [-0.3, -0.25) is 0 Å². The van der Waals surface area contributed by atoms with Crippen LogP contribution in [0.3, 0.4) is 0 Å². The van der Waals surface area contributed by atoms with E-state index < -0.39 is 0 Å². The summed E-state index contributed by atoms with van der Waals surface area (Å²) in [6, 6.07) is 17.7. The van der Waals surface area contributed by atoms with Gasteiger partial charge < -0.3 is 14.8 Å². The molecule has 1 atom stereocenters. The van der Waals surface area contributed by atoms with Crippen molar-refractivity contribution >= 4 is 5.69 Å². The molecule has 21 heavy (non-hydrogen) atoms. The smallest absolute Gasteiger partial charge is 0.174 e. The van der Waals surface area contributed by atoms with E-state index in [-0.39, 0.29) is 12.6 Å². The largest absolute Gasteiger partial charge is 0.497 e. The van der Waals surface area contributed by atoms with Crippen molar-refractivity contribution in [2.45, 2.75) is 13.0 Å². The average molecular weight is 282 g/mol. The van der Waals surface area contributed by atoms with Crippen LogP contribution in [0.25, 0.3) is 0 Å². The van der Waals surface area contributed by atoms with E-state index in [9.17, 15) is 0 Å². The minimum absolute atomic E-state index is 0.0664. The van der Waals surface area contributed by atoms with Crippen molar-refractivity contribution < 1.29 is 9.47 Å². The number of methoxy groups -OCH3 is 1. The molecule has 0 amide bonds. The Morgan fingerprint density at radius 2 is 1.90 bits per heavy atom. The van der Waals surface area contributed by atoms with Crippen molar-refractivity contribution in [2.24, 2.45) is 0 Å². The number of hydrogen-bond acceptors (Lipinski definition) is 4. The summed E-state index contributed by atoms with van der Waals surface area (Å²) < 4.78 is 10.5. The van der Waals surface area contributed by atoms with Crippen molar-refractivity contribution in [2.75, 3.05) is 19.0 Å². The van der Waals surface area contributed by atoms with E-state index in [1.54, 1.807) is 7.11 Å². The molecular weight excluding hydrogens is 264 g/mol. The van der Waals surface area contributed by atoms with Gasteiger partial charge in [-0.2, -0.15) is 5.26 Å². The highest BCUT2D eigenvalue weighted by molar-refractivity contribution is 5.50. The molecule has 1 unspecified atom stereocenters. The molecule has 108 valence electrons. The zero-order valence-corrected chi connectivity index (χ0v) is 12.2. The highest BCUT2D eigenvalue weighted by Crippen LogP contribution is 2.24. The summed E-state index contributed by atoms with van der Waals surface area (Å²) in [7, 11) is 1.66. The Morgan fingerprint density at radius 1 is 1.14 bits per heavy atom. The summed E-state index contributed by atoms with van der Waals surface area (Å²) in [5.41, 5.74) is 2.15. The van der Waals surface area contributed by atoms with Crippen molar-refractivity contribution in [3.05, 3.63) is 54.1 Å². The van der Waals surface area contributed by atoms with Crippen molar-refractivity contribution in [1.29, 1.82) is 5.26 Å². The van der Waals surface area contributed by atoms with E-state index in [0.29, 0.717) is 5.75 Å². The summed E-state index contributed by atoms with van der Waals surface area (Å²) in [6.45, 7) is 2.15. The van der Waals surface area contributed by atoms with Crippen molar-refractivity contribution in [3.8, 4) is 17.6 Å². The third-order valence-corrected chi connectivity index (χ3v) is 3.14. The predicted molar refractivity (Wildman–Crippen MR) is 82.6 cm³/mol. The first kappa shape index (κ1) is 14.7. The quantitative estimate of drug-likeness (QED) is 0.876. The van der Waals surface area contributed by atoms with Crippen molar-refractivity contribution in [3.63, 3.8) is 0 Å². The Kier molecular flexibility index (Phi) is 5.05. The lowest BCUT2D eigenvalue weighted by Crippen LogP contribution is -2.06. The van der Waals surface area contributed by atoms with Gasteiger partial charge in [0.25, 0.3) is 0 Å². The van der Waals surface area contributed by atoms with E-state index in [4.69, 9.17) is 14.7 Å². The lowest BCUT2D eigenvalue weighted by molar-refractivity contribution is 0.368. The lowest BCUT2D eigenvalue weighted by Gasteiger charge is -2.16. The van der Waals surface area contributed by atoms with Gasteiger partial charge in [-0.15, -0.1) is 0 Å². The molecule has 0 fully saturated rings. The van der Waals surface area contributed by atoms with Gasteiger partial charge in [0.05, 0.1) is 7.11 Å². The topological polar surface area (TPSA) is 54.3 Å². The van der Waals surface area contributed by atoms with Crippen LogP contribution < -0.4 is 14.8 Å². The molecule has 0 aromatic heterocycles. The van der Waals surface area contributed by atoms with Crippen LogP contribution >= 0.6 is 0 Å². The van der Waals surface area contributed by atoms with Gasteiger partial charge in [0.2, 0.25) is 0 Å². The minimum atomic E-state index is 0.0664. The summed E-state index contributed by atoms with van der Waals surface area (Å²) in [5.74, 6) is 1.53. The first-order valence-corrected chi connectivity index (χ1v) is 6.73. The second kappa shape index (κ2) is 7.20. The molecule has 4 nitrogen and oxygen atoms in total. The summed E-state index contributed by atoms with van der Waals surface area (Å²) in [4.78, 5) is 0. The van der Waals surface area contributed by atoms with Crippen LogP contribution in [-0.4, -0.2) is 13.7 Å². The van der Waals surface area contributed by atoms with E-state index in [1.807, 2.05) is 54.6 Å². The molecule has 0 bridgehead atoms. The fourth-order valence-corrected chi connectivity index (χ4v) is 2.01. The molecule has 2 rings (SSSR count). The van der Waals surface area contributed by atoms with Gasteiger partial charge >= 0.3 is 0 Å². The number of anilines is 1. The standard InChI is InChI=1S/C17H18N2O2/c1-13(19-15-4-3-5-17(12-15)20-2)14-6-8-16(9-7-14)21-11-10-18/h3-9,12-13,19H,11H2,1-2H3. The maximum atomic E-state index is 8.48. The van der Waals surface area contributed by atoms with Crippen LogP contribution in [0.2, 0.25) is 0 Å². The first-order chi connectivity index (χ1) is 10.2. The molecule has 2 aromatic carbocycles. The Morgan fingerprint density at radius 3 is 2.57 bits per heavy atom. The maximum Gasteiger partial charge on any atom is 0.174 e. The van der Waals surface area contributed by atoms with E-state index >= 15 is 0 Å². The van der Waals surface area contributed by atoms with Crippen LogP contribution in [0.15, 0.2) is 48.5 Å². The molecule has 4 heteroatoms. The summed E-state index contributed by atoms with van der Waals surface area (Å²) in [5, 5.41) is 11.9. The Labute approximate surface area is 124 Å². The van der Waals surface area contributed by atoms with Gasteiger partial charge in [0.1, 0.15) is 17.6 Å². The highest BCUT2D eigenvalue weighted by Gasteiger charge is 2.06. The molecule has 0 saturated heterocycles. The summed E-state index contributed by atoms with van der Waals surface area (Å²) >= 11 is 0. The zero-order valence-electron chi connectivity index (χ0n) is 12.2. The predicted octanol–water partition coefficient (Wildman–Crippen LogP) is 3.77. The van der Waals surface area contributed by atoms with Crippen molar-refractivity contribution in [1.82, 2.24) is 0 Å². The Balaban J connectivity index is 2.02. The maximum absolute atomic E-state index is 8.48. The van der Waals surface area contributed by atoms with Gasteiger partial charge in [-0.25, -0.2) is 0 Å². The molecule has 0 saturated carbocycles. The van der Waals surface area contributed by atoms with Gasteiger partial charge in [-0.1, -0.05) is 18.2 Å². The number of benzene rings is 2. The van der Waals surface area contributed by atoms with Crippen LogP contribution in [0.1, 0.15) is 18.5 Å². The molecule has 0 spiro atoms. The number of ether oxygens (including phenoxy) is 2. The zero-order chi connectivity index (χ0) is 15.1. The molecule has 0 aliphatic rings. The highest BCUT2D eigenvalue weighted by atomic mass is 16.5. The average Bonchev–Trinajstić information content (AvgIpc) is 2.53. The van der Waals surface area contributed by atoms with E-state index in [0.717, 1.165) is 17.0 Å². The number of hydrogen-bond donors (Lipinski definition) is 1. The second-order valence-electron chi connectivity index (χ2n) is 4.61. The fourth-order valence-electron chi connectivity index (χ4n) is 2.01. The van der Waals surface area contributed by atoms with Crippen LogP contribution in [0.4, 0.5) is 5.69 Å². The number of rotatable bonds is 6. The molecule has 0 aliphatic heterocycles. The van der Waals surface area contributed by atoms with Crippen LogP contribution in [0.5, 0.6) is 11.5 Å². The molecule has 1 N–H and O–H groups in total. The minimum Gasteiger partial charge on any atom is -0.497 e. The SMILES string of the molecule is COc1cccc(NC(C)c2ccc(OCC#N)cc2)c1. The third-order valence-electron chi connectivity index (χ3n) is 3.14. The van der Waals surface area contributed by atoms with Gasteiger partial charge in [0, 0.05) is 17.8 Å². The Hall–Kier alpha value is -2.67. The van der Waals surface area contributed by atoms with Crippen LogP contribution in [0, 0.1) is 11.3 Å².